The Morgan fingerprint density at radius 2 is 2.38 bits per heavy atom. The van der Waals surface area contributed by atoms with Gasteiger partial charge in [0.1, 0.15) is 6.61 Å². The molecule has 0 unspecified atom stereocenters. The number of ether oxygens (including phenoxy) is 1. The fraction of sp³-hybridized carbons (Fsp3) is 0.909. The molecule has 0 spiro atoms. The van der Waals surface area contributed by atoms with Crippen molar-refractivity contribution in [1.29, 1.82) is 0 Å². The molecule has 0 radical (unpaired) electrons. The van der Waals surface area contributed by atoms with Gasteiger partial charge in [-0.2, -0.15) is 0 Å². The maximum absolute atomic E-state index is 11.9. The van der Waals surface area contributed by atoms with E-state index in [1.165, 1.54) is 0 Å². The summed E-state index contributed by atoms with van der Waals surface area (Å²) in [5.41, 5.74) is -0.176. The molecule has 0 aromatic rings. The fourth-order valence-corrected chi connectivity index (χ4v) is 2.25. The Morgan fingerprint density at radius 1 is 1.62 bits per heavy atom. The molecule has 2 aliphatic rings. The fourth-order valence-electron chi connectivity index (χ4n) is 2.25. The van der Waals surface area contributed by atoms with Gasteiger partial charge in [0.2, 0.25) is 5.91 Å². The second-order valence-electron chi connectivity index (χ2n) is 4.91. The Balaban J connectivity index is 1.78. The highest BCUT2D eigenvalue weighted by molar-refractivity contribution is 5.78. The van der Waals surface area contributed by atoms with Crippen molar-refractivity contribution in [2.24, 2.45) is 0 Å². The van der Waals surface area contributed by atoms with Crippen molar-refractivity contribution in [3.05, 3.63) is 0 Å². The summed E-state index contributed by atoms with van der Waals surface area (Å²) in [4.78, 5) is 13.6. The van der Waals surface area contributed by atoms with Gasteiger partial charge in [-0.1, -0.05) is 0 Å². The summed E-state index contributed by atoms with van der Waals surface area (Å²) < 4.78 is 5.60. The number of aliphatic hydroxyl groups is 1. The number of hydrogen-bond acceptors (Lipinski definition) is 4. The number of nitrogens with zero attached hydrogens (tertiary/aromatic N) is 1. The third-order valence-electron chi connectivity index (χ3n) is 3.45. The van der Waals surface area contributed by atoms with Gasteiger partial charge in [0.05, 0.1) is 18.2 Å². The molecular formula is C11H20N2O3. The summed E-state index contributed by atoms with van der Waals surface area (Å²) >= 11 is 0. The topological polar surface area (TPSA) is 61.8 Å². The molecule has 2 heterocycles. The number of aliphatic hydroxyl groups excluding tert-OH is 1. The van der Waals surface area contributed by atoms with Crippen LogP contribution in [0, 0.1) is 0 Å². The standard InChI is InChI=1S/C11H20N2O3/c1-11(7-12-8-11)16-6-10(15)13-4-2-3-9(13)5-14/h9,12,14H,2-8H2,1H3/t9-/m0/s1. The zero-order valence-corrected chi connectivity index (χ0v) is 9.74. The minimum absolute atomic E-state index is 0.00317. The van der Waals surface area contributed by atoms with Gasteiger partial charge in [-0.05, 0) is 19.8 Å². The first-order valence-corrected chi connectivity index (χ1v) is 5.90. The van der Waals surface area contributed by atoms with Gasteiger partial charge in [-0.3, -0.25) is 4.79 Å². The van der Waals surface area contributed by atoms with Crippen LogP contribution in [-0.2, 0) is 9.53 Å². The SMILES string of the molecule is CC1(OCC(=O)N2CCC[C@H]2CO)CNC1. The Morgan fingerprint density at radius 3 is 2.94 bits per heavy atom. The molecule has 0 saturated carbocycles. The number of likely N-dealkylation sites (tertiary alicyclic amines) is 1. The van der Waals surface area contributed by atoms with Gasteiger partial charge >= 0.3 is 0 Å². The highest BCUT2D eigenvalue weighted by Crippen LogP contribution is 2.19. The summed E-state index contributed by atoms with van der Waals surface area (Å²) in [5.74, 6) is 0.00433. The van der Waals surface area contributed by atoms with E-state index in [1.54, 1.807) is 4.90 Å². The number of nitrogens with one attached hydrogen (secondary N) is 1. The Labute approximate surface area is 95.8 Å². The highest BCUT2D eigenvalue weighted by atomic mass is 16.5. The summed E-state index contributed by atoms with van der Waals surface area (Å²) in [6, 6.07) is 0.00317. The van der Waals surface area contributed by atoms with Crippen molar-refractivity contribution >= 4 is 5.91 Å². The summed E-state index contributed by atoms with van der Waals surface area (Å²) in [6.07, 6.45) is 1.89. The van der Waals surface area contributed by atoms with Crippen LogP contribution in [0.5, 0.6) is 0 Å². The van der Waals surface area contributed by atoms with Gasteiger partial charge in [0.15, 0.2) is 0 Å². The first kappa shape index (κ1) is 11.8. The van der Waals surface area contributed by atoms with Gasteiger partial charge in [-0.25, -0.2) is 0 Å². The van der Waals surface area contributed by atoms with E-state index in [9.17, 15) is 4.79 Å². The lowest BCUT2D eigenvalue weighted by Gasteiger charge is -2.39. The predicted octanol–water partition coefficient (Wildman–Crippen LogP) is -0.652. The number of carbonyl (C=O) groups is 1. The van der Waals surface area contributed by atoms with E-state index >= 15 is 0 Å². The van der Waals surface area contributed by atoms with E-state index in [-0.39, 0.29) is 30.8 Å². The number of rotatable bonds is 4. The molecule has 5 nitrogen and oxygen atoms in total. The molecule has 2 aliphatic heterocycles. The minimum Gasteiger partial charge on any atom is -0.394 e. The molecule has 2 fully saturated rings. The lowest BCUT2D eigenvalue weighted by atomic mass is 10.0. The second kappa shape index (κ2) is 4.69. The molecular weight excluding hydrogens is 208 g/mol. The molecule has 0 aromatic heterocycles. The molecule has 2 saturated heterocycles. The van der Waals surface area contributed by atoms with Gasteiger partial charge in [0.25, 0.3) is 0 Å². The van der Waals surface area contributed by atoms with E-state index in [1.807, 2.05) is 6.92 Å². The maximum Gasteiger partial charge on any atom is 0.248 e. The van der Waals surface area contributed by atoms with Crippen molar-refractivity contribution in [2.45, 2.75) is 31.4 Å². The molecule has 1 amide bonds. The molecule has 0 bridgehead atoms. The van der Waals surface area contributed by atoms with Crippen LogP contribution in [0.2, 0.25) is 0 Å². The Kier molecular flexibility index (Phi) is 3.47. The number of hydrogen-bond donors (Lipinski definition) is 2. The van der Waals surface area contributed by atoms with Gasteiger partial charge in [-0.15, -0.1) is 0 Å². The first-order chi connectivity index (χ1) is 7.64. The van der Waals surface area contributed by atoms with E-state index in [4.69, 9.17) is 9.84 Å². The second-order valence-corrected chi connectivity index (χ2v) is 4.91. The van der Waals surface area contributed by atoms with Gasteiger partial charge < -0.3 is 20.1 Å². The zero-order valence-electron chi connectivity index (χ0n) is 9.74. The third-order valence-corrected chi connectivity index (χ3v) is 3.45. The summed E-state index contributed by atoms with van der Waals surface area (Å²) in [6.45, 7) is 4.57. The number of amides is 1. The number of carbonyl (C=O) groups excluding carboxylic acids is 1. The van der Waals surface area contributed by atoms with Crippen molar-refractivity contribution in [3.8, 4) is 0 Å². The largest absolute Gasteiger partial charge is 0.394 e. The van der Waals surface area contributed by atoms with E-state index in [0.29, 0.717) is 0 Å². The van der Waals surface area contributed by atoms with Crippen molar-refractivity contribution in [1.82, 2.24) is 10.2 Å². The van der Waals surface area contributed by atoms with Crippen molar-refractivity contribution < 1.29 is 14.6 Å². The molecule has 2 rings (SSSR count). The van der Waals surface area contributed by atoms with Crippen LogP contribution in [0.25, 0.3) is 0 Å². The molecule has 0 aromatic carbocycles. The van der Waals surface area contributed by atoms with Crippen LogP contribution < -0.4 is 5.32 Å². The lowest BCUT2D eigenvalue weighted by Crippen LogP contribution is -2.59. The monoisotopic (exact) mass is 228 g/mol. The van der Waals surface area contributed by atoms with Crippen LogP contribution in [0.1, 0.15) is 19.8 Å². The lowest BCUT2D eigenvalue weighted by molar-refractivity contribution is -0.147. The van der Waals surface area contributed by atoms with Crippen LogP contribution >= 0.6 is 0 Å². The van der Waals surface area contributed by atoms with Gasteiger partial charge in [0, 0.05) is 19.6 Å². The molecule has 5 heteroatoms. The first-order valence-electron chi connectivity index (χ1n) is 5.90. The molecule has 92 valence electrons. The summed E-state index contributed by atoms with van der Waals surface area (Å²) in [5, 5.41) is 12.3. The highest BCUT2D eigenvalue weighted by Gasteiger charge is 2.35. The third kappa shape index (κ3) is 2.36. The van der Waals surface area contributed by atoms with Crippen molar-refractivity contribution in [3.63, 3.8) is 0 Å². The van der Waals surface area contributed by atoms with E-state index < -0.39 is 0 Å². The minimum atomic E-state index is -0.176. The van der Waals surface area contributed by atoms with Crippen molar-refractivity contribution in [2.75, 3.05) is 32.8 Å². The van der Waals surface area contributed by atoms with Crippen LogP contribution in [-0.4, -0.2) is 60.4 Å². The Bertz CT molecular complexity index is 266. The normalized spacial score (nSPS) is 27.9. The molecule has 2 N–H and O–H groups in total. The molecule has 0 aliphatic carbocycles. The molecule has 1 atom stereocenters. The zero-order chi connectivity index (χ0) is 11.6. The Hall–Kier alpha value is -0.650. The summed E-state index contributed by atoms with van der Waals surface area (Å²) in [7, 11) is 0. The van der Waals surface area contributed by atoms with Crippen LogP contribution in [0.15, 0.2) is 0 Å². The predicted molar refractivity (Wildman–Crippen MR) is 59.0 cm³/mol. The average molecular weight is 228 g/mol. The molecule has 16 heavy (non-hydrogen) atoms. The van der Waals surface area contributed by atoms with E-state index in [0.717, 1.165) is 32.5 Å². The van der Waals surface area contributed by atoms with E-state index in [2.05, 4.69) is 5.32 Å². The van der Waals surface area contributed by atoms with Crippen LogP contribution in [0.4, 0.5) is 0 Å². The quantitative estimate of drug-likeness (QED) is 0.671. The smallest absolute Gasteiger partial charge is 0.248 e. The average Bonchev–Trinajstić information content (AvgIpc) is 2.71. The maximum atomic E-state index is 11.9. The van der Waals surface area contributed by atoms with Crippen LogP contribution in [0.3, 0.4) is 0 Å².